The van der Waals surface area contributed by atoms with E-state index in [0.29, 0.717) is 48.9 Å². The standard InChI is InChI=1S/C25H27FN6O4S/c1-17-5-7-19(26)14-23(17)37(33,34)31-10-4-9-30(11-12-31)24-20(15-27-25-28-16-29-32(24)25)18-6-8-21(35-2)22(13-18)36-3/h5-8,13-16H,4,9-12H2,1-3H3. The van der Waals surface area contributed by atoms with Crippen LogP contribution in [-0.4, -0.2) is 72.7 Å². The molecular weight excluding hydrogens is 499 g/mol. The number of aromatic nitrogens is 4. The fraction of sp³-hybridized carbons (Fsp3) is 0.320. The predicted octanol–water partition coefficient (Wildman–Crippen LogP) is 3.16. The highest BCUT2D eigenvalue weighted by atomic mass is 32.2. The molecule has 1 fully saturated rings. The quantitative estimate of drug-likeness (QED) is 0.378. The molecule has 1 saturated heterocycles. The Morgan fingerprint density at radius 1 is 0.946 bits per heavy atom. The predicted molar refractivity (Wildman–Crippen MR) is 136 cm³/mol. The van der Waals surface area contributed by atoms with E-state index in [1.807, 2.05) is 18.2 Å². The monoisotopic (exact) mass is 526 g/mol. The molecule has 3 heterocycles. The van der Waals surface area contributed by atoms with E-state index in [4.69, 9.17) is 9.47 Å². The topological polar surface area (TPSA) is 102 Å². The lowest BCUT2D eigenvalue weighted by Gasteiger charge is -2.26. The van der Waals surface area contributed by atoms with E-state index < -0.39 is 15.8 Å². The number of sulfonamides is 1. The van der Waals surface area contributed by atoms with E-state index in [0.717, 1.165) is 23.0 Å². The maximum atomic E-state index is 13.9. The number of halogens is 1. The summed E-state index contributed by atoms with van der Waals surface area (Å²) in [6.07, 6.45) is 3.74. The summed E-state index contributed by atoms with van der Waals surface area (Å²) < 4.78 is 54.7. The molecular formula is C25H27FN6O4S. The van der Waals surface area contributed by atoms with Crippen molar-refractivity contribution in [2.75, 3.05) is 45.3 Å². The van der Waals surface area contributed by atoms with Crippen LogP contribution in [0.2, 0.25) is 0 Å². The van der Waals surface area contributed by atoms with Crippen molar-refractivity contribution in [2.45, 2.75) is 18.2 Å². The average molecular weight is 527 g/mol. The van der Waals surface area contributed by atoms with Gasteiger partial charge >= 0.3 is 0 Å². The highest BCUT2D eigenvalue weighted by molar-refractivity contribution is 7.89. The lowest BCUT2D eigenvalue weighted by Crippen LogP contribution is -2.36. The van der Waals surface area contributed by atoms with Gasteiger partial charge in [-0.1, -0.05) is 12.1 Å². The number of methoxy groups -OCH3 is 2. The molecule has 1 aliphatic rings. The van der Waals surface area contributed by atoms with Crippen molar-refractivity contribution >= 4 is 21.6 Å². The molecule has 0 spiro atoms. The van der Waals surface area contributed by atoms with Gasteiger partial charge in [-0.15, -0.1) is 0 Å². The first-order chi connectivity index (χ1) is 17.8. The van der Waals surface area contributed by atoms with E-state index in [1.165, 1.54) is 22.8 Å². The van der Waals surface area contributed by atoms with E-state index >= 15 is 0 Å². The number of hydrogen-bond acceptors (Lipinski definition) is 8. The molecule has 0 unspecified atom stereocenters. The molecule has 194 valence electrons. The fourth-order valence-corrected chi connectivity index (χ4v) is 6.32. The lowest BCUT2D eigenvalue weighted by atomic mass is 10.1. The molecule has 5 rings (SSSR count). The molecule has 12 heteroatoms. The Morgan fingerprint density at radius 3 is 2.54 bits per heavy atom. The van der Waals surface area contributed by atoms with Crippen LogP contribution in [0, 0.1) is 12.7 Å². The fourth-order valence-electron chi connectivity index (χ4n) is 4.62. The molecule has 37 heavy (non-hydrogen) atoms. The van der Waals surface area contributed by atoms with Crippen LogP contribution in [0.3, 0.4) is 0 Å². The van der Waals surface area contributed by atoms with E-state index in [2.05, 4.69) is 20.0 Å². The van der Waals surface area contributed by atoms with Gasteiger partial charge in [-0.3, -0.25) is 0 Å². The van der Waals surface area contributed by atoms with Gasteiger partial charge in [0.2, 0.25) is 10.0 Å². The molecule has 0 saturated carbocycles. The third-order valence-corrected chi connectivity index (χ3v) is 8.54. The van der Waals surface area contributed by atoms with Gasteiger partial charge < -0.3 is 14.4 Å². The van der Waals surface area contributed by atoms with Gasteiger partial charge in [0, 0.05) is 37.9 Å². The second-order valence-electron chi connectivity index (χ2n) is 8.69. The Hall–Kier alpha value is -3.77. The van der Waals surface area contributed by atoms with Crippen LogP contribution < -0.4 is 14.4 Å². The molecule has 0 radical (unpaired) electrons. The average Bonchev–Trinajstić information content (AvgIpc) is 3.24. The number of aryl methyl sites for hydroxylation is 1. The van der Waals surface area contributed by atoms with E-state index in [1.54, 1.807) is 31.9 Å². The molecule has 0 aliphatic carbocycles. The van der Waals surface area contributed by atoms with Crippen LogP contribution in [0.1, 0.15) is 12.0 Å². The Bertz CT molecular complexity index is 1560. The number of hydrogen-bond donors (Lipinski definition) is 0. The number of nitrogens with zero attached hydrogens (tertiary/aromatic N) is 6. The molecule has 0 N–H and O–H groups in total. The summed E-state index contributed by atoms with van der Waals surface area (Å²) in [5.41, 5.74) is 2.13. The molecule has 10 nitrogen and oxygen atoms in total. The van der Waals surface area contributed by atoms with Gasteiger partial charge in [0.05, 0.1) is 19.1 Å². The van der Waals surface area contributed by atoms with Gasteiger partial charge in [0.25, 0.3) is 5.78 Å². The number of benzene rings is 2. The van der Waals surface area contributed by atoms with Crippen LogP contribution >= 0.6 is 0 Å². The molecule has 2 aromatic carbocycles. The van der Waals surface area contributed by atoms with Crippen LogP contribution in [0.4, 0.5) is 10.2 Å². The van der Waals surface area contributed by atoms with Crippen LogP contribution in [0.15, 0.2) is 53.8 Å². The number of fused-ring (bicyclic) bond motifs is 1. The summed E-state index contributed by atoms with van der Waals surface area (Å²) in [5, 5.41) is 4.40. The van der Waals surface area contributed by atoms with Gasteiger partial charge in [-0.25, -0.2) is 17.8 Å². The minimum atomic E-state index is -3.87. The summed E-state index contributed by atoms with van der Waals surface area (Å²) in [6.45, 7) is 3.18. The van der Waals surface area contributed by atoms with Gasteiger partial charge in [-0.2, -0.15) is 18.9 Å². The Morgan fingerprint density at radius 2 is 1.76 bits per heavy atom. The first kappa shape index (κ1) is 24.9. The molecule has 0 atom stereocenters. The summed E-state index contributed by atoms with van der Waals surface area (Å²) in [4.78, 5) is 10.8. The summed E-state index contributed by atoms with van der Waals surface area (Å²) in [6, 6.07) is 9.43. The van der Waals surface area contributed by atoms with E-state index in [9.17, 15) is 12.8 Å². The van der Waals surface area contributed by atoms with Crippen molar-refractivity contribution in [3.05, 3.63) is 60.3 Å². The SMILES string of the molecule is COc1ccc(-c2cnc3ncnn3c2N2CCCN(S(=O)(=O)c3cc(F)ccc3C)CC2)cc1OC. The maximum Gasteiger partial charge on any atom is 0.254 e. The summed E-state index contributed by atoms with van der Waals surface area (Å²) in [7, 11) is -0.713. The minimum Gasteiger partial charge on any atom is -0.493 e. The second-order valence-corrected chi connectivity index (χ2v) is 10.6. The normalized spacial score (nSPS) is 15.1. The van der Waals surface area contributed by atoms with Crippen molar-refractivity contribution in [3.8, 4) is 22.6 Å². The Labute approximate surface area is 214 Å². The third-order valence-electron chi connectivity index (χ3n) is 6.50. The molecule has 0 amide bonds. The van der Waals surface area contributed by atoms with Crippen molar-refractivity contribution < 1.29 is 22.3 Å². The highest BCUT2D eigenvalue weighted by Gasteiger charge is 2.30. The van der Waals surface area contributed by atoms with Gasteiger partial charge in [0.1, 0.15) is 18.0 Å². The molecule has 0 bridgehead atoms. The molecule has 4 aromatic rings. The van der Waals surface area contributed by atoms with Crippen molar-refractivity contribution in [1.29, 1.82) is 0 Å². The smallest absolute Gasteiger partial charge is 0.254 e. The zero-order valence-electron chi connectivity index (χ0n) is 20.8. The molecule has 2 aromatic heterocycles. The number of rotatable bonds is 6. The Balaban J connectivity index is 1.52. The zero-order valence-corrected chi connectivity index (χ0v) is 21.6. The minimum absolute atomic E-state index is 0.00505. The van der Waals surface area contributed by atoms with Crippen LogP contribution in [0.5, 0.6) is 11.5 Å². The number of ether oxygens (including phenoxy) is 2. The van der Waals surface area contributed by atoms with Crippen molar-refractivity contribution in [2.24, 2.45) is 0 Å². The van der Waals surface area contributed by atoms with Crippen LogP contribution in [-0.2, 0) is 10.0 Å². The van der Waals surface area contributed by atoms with Crippen LogP contribution in [0.25, 0.3) is 16.9 Å². The molecule has 1 aliphatic heterocycles. The first-order valence-electron chi connectivity index (χ1n) is 11.8. The lowest BCUT2D eigenvalue weighted by molar-refractivity contribution is 0.355. The zero-order chi connectivity index (χ0) is 26.2. The van der Waals surface area contributed by atoms with Gasteiger partial charge in [-0.05, 0) is 48.7 Å². The first-order valence-corrected chi connectivity index (χ1v) is 13.2. The largest absolute Gasteiger partial charge is 0.493 e. The Kier molecular flexibility index (Phi) is 6.69. The maximum absolute atomic E-state index is 13.9. The summed E-state index contributed by atoms with van der Waals surface area (Å²) >= 11 is 0. The third kappa shape index (κ3) is 4.58. The van der Waals surface area contributed by atoms with Crippen molar-refractivity contribution in [1.82, 2.24) is 23.9 Å². The second kappa shape index (κ2) is 9.94. The highest BCUT2D eigenvalue weighted by Crippen LogP contribution is 2.37. The number of anilines is 1. The summed E-state index contributed by atoms with van der Waals surface area (Å²) in [5.74, 6) is 1.78. The van der Waals surface area contributed by atoms with Gasteiger partial charge in [0.15, 0.2) is 11.5 Å². The van der Waals surface area contributed by atoms with E-state index in [-0.39, 0.29) is 11.4 Å². The van der Waals surface area contributed by atoms with Crippen molar-refractivity contribution in [3.63, 3.8) is 0 Å².